The summed E-state index contributed by atoms with van der Waals surface area (Å²) < 4.78 is 5.20. The lowest BCUT2D eigenvalue weighted by molar-refractivity contribution is -0.122. The molecule has 1 fully saturated rings. The molecule has 2 unspecified atom stereocenters. The first-order valence-corrected chi connectivity index (χ1v) is 8.25. The van der Waals surface area contributed by atoms with Crippen LogP contribution in [0.3, 0.4) is 0 Å². The quantitative estimate of drug-likeness (QED) is 0.879. The Bertz CT molecular complexity index is 484. The maximum absolute atomic E-state index is 12.3. The molecule has 1 aromatic rings. The van der Waals surface area contributed by atoms with Gasteiger partial charge >= 0.3 is 0 Å². The van der Waals surface area contributed by atoms with Gasteiger partial charge in [0.1, 0.15) is 0 Å². The molecular formula is C17H26N2O3. The van der Waals surface area contributed by atoms with Gasteiger partial charge in [-0.1, -0.05) is 20.3 Å². The molecule has 2 heterocycles. The monoisotopic (exact) mass is 306 g/mol. The second kappa shape index (κ2) is 8.01. The highest BCUT2D eigenvalue weighted by molar-refractivity contribution is 5.91. The molecule has 0 spiro atoms. The van der Waals surface area contributed by atoms with Crippen LogP contribution >= 0.6 is 0 Å². The summed E-state index contributed by atoms with van der Waals surface area (Å²) in [7, 11) is 0. The van der Waals surface area contributed by atoms with Crippen molar-refractivity contribution in [3.05, 3.63) is 24.2 Å². The van der Waals surface area contributed by atoms with Crippen LogP contribution in [0.1, 0.15) is 50.1 Å². The van der Waals surface area contributed by atoms with Crippen molar-refractivity contribution in [2.75, 3.05) is 19.6 Å². The fourth-order valence-corrected chi connectivity index (χ4v) is 3.13. The number of carbonyl (C=O) groups is 2. The summed E-state index contributed by atoms with van der Waals surface area (Å²) in [6.45, 7) is 6.32. The third-order valence-electron chi connectivity index (χ3n) is 4.45. The highest BCUT2D eigenvalue weighted by Crippen LogP contribution is 2.29. The van der Waals surface area contributed by atoms with Gasteiger partial charge in [0.2, 0.25) is 5.91 Å². The standard InChI is InChI=1S/C17H26N2O3/c1-3-8-18-16(20)11-14-7-9-19(12-13(14)4-2)17(21)15-6-5-10-22-15/h5-6,10,13-14H,3-4,7-9,11-12H2,1-2H3,(H,18,20). The molecule has 1 saturated heterocycles. The number of rotatable bonds is 6. The van der Waals surface area contributed by atoms with E-state index >= 15 is 0 Å². The Morgan fingerprint density at radius 1 is 1.36 bits per heavy atom. The number of nitrogens with zero attached hydrogens (tertiary/aromatic N) is 1. The Hall–Kier alpha value is -1.78. The van der Waals surface area contributed by atoms with Gasteiger partial charge in [-0.25, -0.2) is 0 Å². The van der Waals surface area contributed by atoms with E-state index < -0.39 is 0 Å². The van der Waals surface area contributed by atoms with E-state index in [1.807, 2.05) is 11.8 Å². The van der Waals surface area contributed by atoms with Crippen molar-refractivity contribution >= 4 is 11.8 Å². The van der Waals surface area contributed by atoms with Crippen LogP contribution in [0, 0.1) is 11.8 Å². The maximum atomic E-state index is 12.3. The molecule has 5 heteroatoms. The lowest BCUT2D eigenvalue weighted by Crippen LogP contribution is -2.44. The van der Waals surface area contributed by atoms with Gasteiger partial charge in [0, 0.05) is 26.1 Å². The Balaban J connectivity index is 1.90. The van der Waals surface area contributed by atoms with Crippen molar-refractivity contribution in [2.24, 2.45) is 11.8 Å². The van der Waals surface area contributed by atoms with Crippen LogP contribution in [0.4, 0.5) is 0 Å². The van der Waals surface area contributed by atoms with Crippen LogP contribution in [-0.2, 0) is 4.79 Å². The third kappa shape index (κ3) is 4.12. The SMILES string of the molecule is CCCNC(=O)CC1CCN(C(=O)c2ccco2)CC1CC. The summed E-state index contributed by atoms with van der Waals surface area (Å²) in [5.41, 5.74) is 0. The minimum absolute atomic E-state index is 0.0441. The van der Waals surface area contributed by atoms with Crippen molar-refractivity contribution in [3.8, 4) is 0 Å². The van der Waals surface area contributed by atoms with E-state index in [9.17, 15) is 9.59 Å². The van der Waals surface area contributed by atoms with Gasteiger partial charge in [-0.15, -0.1) is 0 Å². The highest BCUT2D eigenvalue weighted by Gasteiger charge is 2.32. The van der Waals surface area contributed by atoms with Crippen molar-refractivity contribution in [1.29, 1.82) is 0 Å². The molecule has 1 aliphatic heterocycles. The van der Waals surface area contributed by atoms with Crippen LogP contribution in [0.2, 0.25) is 0 Å². The molecule has 122 valence electrons. The first kappa shape index (κ1) is 16.6. The number of piperidine rings is 1. The van der Waals surface area contributed by atoms with Crippen LogP contribution in [0.25, 0.3) is 0 Å². The van der Waals surface area contributed by atoms with Gasteiger partial charge in [-0.3, -0.25) is 9.59 Å². The topological polar surface area (TPSA) is 62.6 Å². The Kier molecular flexibility index (Phi) is 6.04. The summed E-state index contributed by atoms with van der Waals surface area (Å²) >= 11 is 0. The van der Waals surface area contributed by atoms with Gasteiger partial charge in [-0.2, -0.15) is 0 Å². The zero-order chi connectivity index (χ0) is 15.9. The second-order valence-electron chi connectivity index (χ2n) is 6.00. The first-order valence-electron chi connectivity index (χ1n) is 8.25. The lowest BCUT2D eigenvalue weighted by atomic mass is 9.81. The van der Waals surface area contributed by atoms with E-state index in [4.69, 9.17) is 4.42 Å². The zero-order valence-corrected chi connectivity index (χ0v) is 13.5. The summed E-state index contributed by atoms with van der Waals surface area (Å²) in [5.74, 6) is 1.23. The Morgan fingerprint density at radius 2 is 2.18 bits per heavy atom. The predicted molar refractivity (Wildman–Crippen MR) is 84.4 cm³/mol. The number of nitrogens with one attached hydrogen (secondary N) is 1. The normalized spacial score (nSPS) is 21.6. The van der Waals surface area contributed by atoms with E-state index in [2.05, 4.69) is 12.2 Å². The summed E-state index contributed by atoms with van der Waals surface area (Å²) in [6, 6.07) is 3.43. The predicted octanol–water partition coefficient (Wildman–Crippen LogP) is 2.68. The van der Waals surface area contributed by atoms with Crippen molar-refractivity contribution in [2.45, 2.75) is 39.5 Å². The van der Waals surface area contributed by atoms with Gasteiger partial charge in [-0.05, 0) is 36.8 Å². The first-order chi connectivity index (χ1) is 10.7. The summed E-state index contributed by atoms with van der Waals surface area (Å²) in [4.78, 5) is 26.1. The molecule has 0 aliphatic carbocycles. The number of hydrogen-bond donors (Lipinski definition) is 1. The van der Waals surface area contributed by atoms with Gasteiger partial charge in [0.05, 0.1) is 6.26 Å². The van der Waals surface area contributed by atoms with Crippen LogP contribution in [0.5, 0.6) is 0 Å². The molecule has 1 N–H and O–H groups in total. The minimum Gasteiger partial charge on any atom is -0.459 e. The van der Waals surface area contributed by atoms with E-state index in [0.717, 1.165) is 25.8 Å². The number of hydrogen-bond acceptors (Lipinski definition) is 3. The van der Waals surface area contributed by atoms with Crippen molar-refractivity contribution < 1.29 is 14.0 Å². The third-order valence-corrected chi connectivity index (χ3v) is 4.45. The molecule has 5 nitrogen and oxygen atoms in total. The van der Waals surface area contributed by atoms with Crippen LogP contribution < -0.4 is 5.32 Å². The molecule has 0 bridgehead atoms. The number of carbonyl (C=O) groups excluding carboxylic acids is 2. The smallest absolute Gasteiger partial charge is 0.289 e. The minimum atomic E-state index is -0.0441. The molecule has 0 radical (unpaired) electrons. The van der Waals surface area contributed by atoms with Gasteiger partial charge in [0.15, 0.2) is 5.76 Å². The molecule has 1 aromatic heterocycles. The number of furan rings is 1. The van der Waals surface area contributed by atoms with E-state index in [0.29, 0.717) is 37.1 Å². The van der Waals surface area contributed by atoms with Crippen LogP contribution in [-0.4, -0.2) is 36.3 Å². The van der Waals surface area contributed by atoms with Gasteiger partial charge < -0.3 is 14.6 Å². The largest absolute Gasteiger partial charge is 0.459 e. The molecular weight excluding hydrogens is 280 g/mol. The molecule has 0 saturated carbocycles. The van der Waals surface area contributed by atoms with Crippen molar-refractivity contribution in [1.82, 2.24) is 10.2 Å². The van der Waals surface area contributed by atoms with Gasteiger partial charge in [0.25, 0.3) is 5.91 Å². The molecule has 0 aromatic carbocycles. The molecule has 2 rings (SSSR count). The zero-order valence-electron chi connectivity index (χ0n) is 13.5. The number of amides is 2. The number of likely N-dealkylation sites (tertiary alicyclic amines) is 1. The fraction of sp³-hybridized carbons (Fsp3) is 0.647. The Morgan fingerprint density at radius 3 is 2.82 bits per heavy atom. The summed E-state index contributed by atoms with van der Waals surface area (Å²) in [6.07, 6.45) is 4.91. The Labute approximate surface area is 132 Å². The average molecular weight is 306 g/mol. The lowest BCUT2D eigenvalue weighted by Gasteiger charge is -2.37. The highest BCUT2D eigenvalue weighted by atomic mass is 16.3. The fourth-order valence-electron chi connectivity index (χ4n) is 3.13. The molecule has 1 aliphatic rings. The van der Waals surface area contributed by atoms with E-state index in [-0.39, 0.29) is 11.8 Å². The second-order valence-corrected chi connectivity index (χ2v) is 6.00. The van der Waals surface area contributed by atoms with E-state index in [1.54, 1.807) is 12.1 Å². The van der Waals surface area contributed by atoms with Crippen molar-refractivity contribution in [3.63, 3.8) is 0 Å². The molecule has 2 atom stereocenters. The average Bonchev–Trinajstić information content (AvgIpc) is 3.07. The molecule has 2 amide bonds. The summed E-state index contributed by atoms with van der Waals surface area (Å²) in [5, 5.41) is 2.95. The molecule has 22 heavy (non-hydrogen) atoms. The van der Waals surface area contributed by atoms with Crippen LogP contribution in [0.15, 0.2) is 22.8 Å². The van der Waals surface area contributed by atoms with E-state index in [1.165, 1.54) is 6.26 Å². The maximum Gasteiger partial charge on any atom is 0.289 e.